The van der Waals surface area contributed by atoms with Crippen molar-refractivity contribution in [3.8, 4) is 0 Å². The molecule has 0 aliphatic heterocycles. The molecule has 19 heavy (non-hydrogen) atoms. The molecule has 0 saturated heterocycles. The minimum Gasteiger partial charge on any atom is -0.377 e. The Kier molecular flexibility index (Phi) is 4.37. The molecule has 0 amide bonds. The highest BCUT2D eigenvalue weighted by Gasteiger charge is 2.10. The van der Waals surface area contributed by atoms with Crippen molar-refractivity contribution in [1.29, 1.82) is 0 Å². The molecule has 0 aliphatic rings. The second kappa shape index (κ2) is 6.02. The molecule has 0 saturated carbocycles. The van der Waals surface area contributed by atoms with Gasteiger partial charge >= 0.3 is 0 Å². The number of hydrogen-bond acceptors (Lipinski definition) is 2. The number of aromatic nitrogens is 2. The lowest BCUT2D eigenvalue weighted by Crippen LogP contribution is -2.02. The quantitative estimate of drug-likeness (QED) is 0.905. The van der Waals surface area contributed by atoms with Crippen molar-refractivity contribution in [2.45, 2.75) is 26.4 Å². The molecule has 102 valence electrons. The van der Waals surface area contributed by atoms with Crippen LogP contribution in [0.4, 0.5) is 14.5 Å². The molecule has 0 fully saturated rings. The molecule has 2 aromatic rings. The predicted octanol–water partition coefficient (Wildman–Crippen LogP) is 3.84. The third-order valence-electron chi connectivity index (χ3n) is 2.62. The molecule has 0 bridgehead atoms. The van der Waals surface area contributed by atoms with Crippen LogP contribution in [0.3, 0.4) is 0 Å². The molecule has 1 aromatic heterocycles. The van der Waals surface area contributed by atoms with Crippen molar-refractivity contribution in [3.05, 3.63) is 46.7 Å². The summed E-state index contributed by atoms with van der Waals surface area (Å²) < 4.78 is 28.2. The molecular formula is C13H14ClF2N3. The Bertz CT molecular complexity index is 546. The Hall–Kier alpha value is -1.62. The summed E-state index contributed by atoms with van der Waals surface area (Å²) in [5, 5.41) is 7.05. The van der Waals surface area contributed by atoms with Gasteiger partial charge in [0.1, 0.15) is 5.82 Å². The van der Waals surface area contributed by atoms with Gasteiger partial charge in [0, 0.05) is 30.9 Å². The van der Waals surface area contributed by atoms with Gasteiger partial charge in [-0.15, -0.1) is 0 Å². The summed E-state index contributed by atoms with van der Waals surface area (Å²) in [5.74, 6) is -1.39. The monoisotopic (exact) mass is 285 g/mol. The van der Waals surface area contributed by atoms with Crippen LogP contribution < -0.4 is 5.32 Å². The summed E-state index contributed by atoms with van der Waals surface area (Å²) in [6, 6.07) is 1.88. The number of nitrogens with one attached hydrogen (secondary N) is 1. The zero-order chi connectivity index (χ0) is 13.8. The Morgan fingerprint density at radius 1 is 1.37 bits per heavy atom. The SMILES string of the molecule is CCCn1cc(CNc2c(F)cc(F)cc2Cl)cn1. The number of nitrogens with zero attached hydrogens (tertiary/aromatic N) is 2. The van der Waals surface area contributed by atoms with Gasteiger partial charge in [0.2, 0.25) is 0 Å². The van der Waals surface area contributed by atoms with E-state index in [1.807, 2.05) is 10.9 Å². The molecular weight excluding hydrogens is 272 g/mol. The number of rotatable bonds is 5. The molecule has 1 aromatic carbocycles. The molecule has 3 nitrogen and oxygen atoms in total. The molecule has 2 rings (SSSR count). The van der Waals surface area contributed by atoms with Crippen molar-refractivity contribution in [2.75, 3.05) is 5.32 Å². The smallest absolute Gasteiger partial charge is 0.150 e. The molecule has 6 heteroatoms. The van der Waals surface area contributed by atoms with Gasteiger partial charge in [-0.2, -0.15) is 5.10 Å². The van der Waals surface area contributed by atoms with Gasteiger partial charge in [-0.3, -0.25) is 4.68 Å². The standard InChI is InChI=1S/C13H14ClF2N3/c1-2-3-19-8-9(7-18-19)6-17-13-11(14)4-10(15)5-12(13)16/h4-5,7-8,17H,2-3,6H2,1H3. The zero-order valence-electron chi connectivity index (χ0n) is 10.5. The van der Waals surface area contributed by atoms with Gasteiger partial charge in [0.25, 0.3) is 0 Å². The molecule has 0 unspecified atom stereocenters. The number of aryl methyl sites for hydroxylation is 1. The number of benzene rings is 1. The van der Waals surface area contributed by atoms with Gasteiger partial charge < -0.3 is 5.32 Å². The minimum atomic E-state index is -0.703. The lowest BCUT2D eigenvalue weighted by molar-refractivity contribution is 0.585. The van der Waals surface area contributed by atoms with E-state index in [0.717, 1.165) is 30.7 Å². The Labute approximate surface area is 115 Å². The fourth-order valence-corrected chi connectivity index (χ4v) is 2.01. The van der Waals surface area contributed by atoms with Crippen LogP contribution in [-0.2, 0) is 13.1 Å². The summed E-state index contributed by atoms with van der Waals surface area (Å²) in [6.07, 6.45) is 4.58. The average molecular weight is 286 g/mol. The van der Waals surface area contributed by atoms with E-state index in [4.69, 9.17) is 11.6 Å². The van der Waals surface area contributed by atoms with Gasteiger partial charge in [-0.25, -0.2) is 8.78 Å². The molecule has 0 atom stereocenters. The maximum absolute atomic E-state index is 13.5. The van der Waals surface area contributed by atoms with E-state index in [2.05, 4.69) is 17.3 Å². The van der Waals surface area contributed by atoms with E-state index in [1.165, 1.54) is 0 Å². The van der Waals surface area contributed by atoms with E-state index in [-0.39, 0.29) is 10.7 Å². The van der Waals surface area contributed by atoms with Crippen LogP contribution in [0.5, 0.6) is 0 Å². The van der Waals surface area contributed by atoms with Crippen LogP contribution in [0.25, 0.3) is 0 Å². The van der Waals surface area contributed by atoms with Gasteiger partial charge in [0.15, 0.2) is 5.82 Å². The maximum Gasteiger partial charge on any atom is 0.150 e. The third-order valence-corrected chi connectivity index (χ3v) is 2.91. The van der Waals surface area contributed by atoms with Crippen LogP contribution in [0.1, 0.15) is 18.9 Å². The van der Waals surface area contributed by atoms with Gasteiger partial charge in [0.05, 0.1) is 16.9 Å². The van der Waals surface area contributed by atoms with E-state index >= 15 is 0 Å². The largest absolute Gasteiger partial charge is 0.377 e. The Morgan fingerprint density at radius 2 is 2.16 bits per heavy atom. The predicted molar refractivity (Wildman–Crippen MR) is 71.2 cm³/mol. The van der Waals surface area contributed by atoms with Crippen LogP contribution in [0.15, 0.2) is 24.5 Å². The highest BCUT2D eigenvalue weighted by molar-refractivity contribution is 6.33. The first-order valence-electron chi connectivity index (χ1n) is 6.00. The van der Waals surface area contributed by atoms with E-state index in [1.54, 1.807) is 6.20 Å². The van der Waals surface area contributed by atoms with Gasteiger partial charge in [-0.1, -0.05) is 18.5 Å². The first kappa shape index (κ1) is 13.8. The van der Waals surface area contributed by atoms with Crippen LogP contribution in [0.2, 0.25) is 5.02 Å². The summed E-state index contributed by atoms with van der Waals surface area (Å²) in [6.45, 7) is 3.28. The van der Waals surface area contributed by atoms with Gasteiger partial charge in [-0.05, 0) is 12.5 Å². The number of hydrogen-bond donors (Lipinski definition) is 1. The van der Waals surface area contributed by atoms with E-state index in [0.29, 0.717) is 6.54 Å². The van der Waals surface area contributed by atoms with Crippen molar-refractivity contribution >= 4 is 17.3 Å². The van der Waals surface area contributed by atoms with Crippen LogP contribution in [-0.4, -0.2) is 9.78 Å². The van der Waals surface area contributed by atoms with E-state index in [9.17, 15) is 8.78 Å². The second-order valence-electron chi connectivity index (χ2n) is 4.21. The second-order valence-corrected chi connectivity index (χ2v) is 4.62. The fourth-order valence-electron chi connectivity index (χ4n) is 1.75. The van der Waals surface area contributed by atoms with Crippen LogP contribution >= 0.6 is 11.6 Å². The highest BCUT2D eigenvalue weighted by Crippen LogP contribution is 2.26. The lowest BCUT2D eigenvalue weighted by atomic mass is 10.2. The molecule has 1 N–H and O–H groups in total. The first-order chi connectivity index (χ1) is 9.10. The lowest BCUT2D eigenvalue weighted by Gasteiger charge is -2.08. The highest BCUT2D eigenvalue weighted by atomic mass is 35.5. The van der Waals surface area contributed by atoms with Crippen molar-refractivity contribution < 1.29 is 8.78 Å². The number of halogens is 3. The summed E-state index contributed by atoms with van der Waals surface area (Å²) in [7, 11) is 0. The molecule has 0 spiro atoms. The summed E-state index contributed by atoms with van der Waals surface area (Å²) in [5.41, 5.74) is 1.01. The van der Waals surface area contributed by atoms with Crippen LogP contribution in [0, 0.1) is 11.6 Å². The zero-order valence-corrected chi connectivity index (χ0v) is 11.2. The minimum absolute atomic E-state index is 0.0263. The summed E-state index contributed by atoms with van der Waals surface area (Å²) >= 11 is 5.79. The first-order valence-corrected chi connectivity index (χ1v) is 6.37. The molecule has 0 radical (unpaired) electrons. The number of anilines is 1. The average Bonchev–Trinajstić information content (AvgIpc) is 2.76. The molecule has 0 aliphatic carbocycles. The third kappa shape index (κ3) is 3.44. The van der Waals surface area contributed by atoms with Crippen molar-refractivity contribution in [1.82, 2.24) is 9.78 Å². The Balaban J connectivity index is 2.05. The Morgan fingerprint density at radius 3 is 2.84 bits per heavy atom. The fraction of sp³-hybridized carbons (Fsp3) is 0.308. The van der Waals surface area contributed by atoms with Crippen molar-refractivity contribution in [2.24, 2.45) is 0 Å². The summed E-state index contributed by atoms with van der Waals surface area (Å²) in [4.78, 5) is 0. The topological polar surface area (TPSA) is 29.9 Å². The normalized spacial score (nSPS) is 10.7. The maximum atomic E-state index is 13.5. The van der Waals surface area contributed by atoms with Crippen molar-refractivity contribution in [3.63, 3.8) is 0 Å². The molecule has 1 heterocycles. The van der Waals surface area contributed by atoms with E-state index < -0.39 is 11.6 Å².